The van der Waals surface area contributed by atoms with Gasteiger partial charge in [-0.05, 0) is 0 Å². The summed E-state index contributed by atoms with van der Waals surface area (Å²) in [5, 5.41) is 2.85. The molecule has 1 heterocycles. The van der Waals surface area contributed by atoms with Crippen LogP contribution in [0.2, 0.25) is 0 Å². The van der Waals surface area contributed by atoms with Crippen molar-refractivity contribution in [3.05, 3.63) is 48.0 Å². The number of anilines is 2. The molecule has 0 fully saturated rings. The zero-order chi connectivity index (χ0) is 13.2. The van der Waals surface area contributed by atoms with Gasteiger partial charge >= 0.3 is 115 Å². The maximum atomic E-state index is 12.1. The normalized spacial score (nSPS) is 10.5. The second-order valence-electron chi connectivity index (χ2n) is 4.01. The maximum absolute atomic E-state index is 12.1. The molecule has 94 valence electrons. The van der Waals surface area contributed by atoms with Crippen molar-refractivity contribution in [3.8, 4) is 0 Å². The Morgan fingerprint density at radius 2 is 1.89 bits per heavy atom. The molecule has 2 aromatic carbocycles. The van der Waals surface area contributed by atoms with Gasteiger partial charge in [0, 0.05) is 0 Å². The van der Waals surface area contributed by atoms with E-state index >= 15 is 0 Å². The summed E-state index contributed by atoms with van der Waals surface area (Å²) in [6, 6.07) is 12.4. The minimum atomic E-state index is -0.178. The van der Waals surface area contributed by atoms with Crippen LogP contribution in [-0.2, 0) is 0 Å². The molecule has 1 aromatic heterocycles. The van der Waals surface area contributed by atoms with E-state index in [2.05, 4.69) is 13.3 Å². The summed E-state index contributed by atoms with van der Waals surface area (Å²) >= 11 is -0.107. The predicted octanol–water partition coefficient (Wildman–Crippen LogP) is 1.52. The van der Waals surface area contributed by atoms with Gasteiger partial charge in [0.1, 0.15) is 0 Å². The Bertz CT molecular complexity index is 736. The third kappa shape index (κ3) is 2.36. The third-order valence-electron chi connectivity index (χ3n) is 2.71. The van der Waals surface area contributed by atoms with Crippen LogP contribution in [0.4, 0.5) is 11.4 Å². The number of benzene rings is 2. The van der Waals surface area contributed by atoms with Gasteiger partial charge in [-0.2, -0.15) is 0 Å². The second-order valence-corrected chi connectivity index (χ2v) is 5.12. The summed E-state index contributed by atoms with van der Waals surface area (Å²) in [5.74, 6) is -0.178. The van der Waals surface area contributed by atoms with Gasteiger partial charge in [-0.3, -0.25) is 0 Å². The number of fused-ring (bicyclic) bond motifs is 1. The first kappa shape index (κ1) is 11.9. The van der Waals surface area contributed by atoms with Crippen LogP contribution in [0.3, 0.4) is 0 Å². The number of nitrogens with one attached hydrogen (secondary N) is 1. The van der Waals surface area contributed by atoms with Crippen LogP contribution in [0.15, 0.2) is 42.5 Å². The van der Waals surface area contributed by atoms with Crippen molar-refractivity contribution in [2.75, 3.05) is 11.1 Å². The van der Waals surface area contributed by atoms with Gasteiger partial charge < -0.3 is 0 Å². The van der Waals surface area contributed by atoms with Gasteiger partial charge in [-0.25, -0.2) is 0 Å². The Morgan fingerprint density at radius 1 is 1.11 bits per heavy atom. The number of hydrogen-bond acceptors (Lipinski definition) is 4. The van der Waals surface area contributed by atoms with Crippen LogP contribution in [0.25, 0.3) is 11.0 Å². The van der Waals surface area contributed by atoms with E-state index in [-0.39, 0.29) is 20.9 Å². The zero-order valence-electron chi connectivity index (χ0n) is 9.83. The predicted molar refractivity (Wildman–Crippen MR) is 75.3 cm³/mol. The number of rotatable bonds is 2. The molecule has 19 heavy (non-hydrogen) atoms. The third-order valence-corrected chi connectivity index (χ3v) is 3.85. The first-order valence-corrected chi connectivity index (χ1v) is 7.15. The summed E-state index contributed by atoms with van der Waals surface area (Å²) < 4.78 is 8.60. The molecule has 5 nitrogen and oxygen atoms in total. The van der Waals surface area contributed by atoms with E-state index in [1.165, 1.54) is 0 Å². The van der Waals surface area contributed by atoms with Gasteiger partial charge in [0.15, 0.2) is 0 Å². The van der Waals surface area contributed by atoms with Gasteiger partial charge in [0.25, 0.3) is 0 Å². The number of amides is 1. The van der Waals surface area contributed by atoms with Crippen LogP contribution in [-0.4, -0.2) is 28.8 Å². The molecule has 0 saturated carbocycles. The van der Waals surface area contributed by atoms with E-state index in [1.807, 2.05) is 18.2 Å². The van der Waals surface area contributed by atoms with E-state index in [1.54, 1.807) is 24.3 Å². The Balaban J connectivity index is 1.90. The van der Waals surface area contributed by atoms with Gasteiger partial charge in [-0.1, -0.05) is 0 Å². The fourth-order valence-electron chi connectivity index (χ4n) is 1.74. The van der Waals surface area contributed by atoms with Crippen molar-refractivity contribution in [1.82, 2.24) is 7.96 Å². The molecule has 0 spiro atoms. The molecular weight excluding hydrogens is 307 g/mol. The molecule has 0 bridgehead atoms. The average Bonchev–Trinajstić information content (AvgIpc) is 2.89. The topological polar surface area (TPSA) is 80.9 Å². The average molecular weight is 317 g/mol. The summed E-state index contributed by atoms with van der Waals surface area (Å²) in [4.78, 5) is 12.1. The minimum absolute atomic E-state index is 0.107. The first-order valence-electron chi connectivity index (χ1n) is 5.62. The monoisotopic (exact) mass is 318 g/mol. The van der Waals surface area contributed by atoms with Crippen molar-refractivity contribution in [1.29, 1.82) is 0 Å². The number of nitrogens with zero attached hydrogens (tertiary/aromatic N) is 2. The molecule has 0 radical (unpaired) electrons. The molecule has 0 aliphatic heterocycles. The van der Waals surface area contributed by atoms with Crippen LogP contribution in [0, 0.1) is 0 Å². The molecule has 3 rings (SSSR count). The van der Waals surface area contributed by atoms with Crippen molar-refractivity contribution < 1.29 is 4.79 Å². The van der Waals surface area contributed by atoms with E-state index < -0.39 is 0 Å². The Hall–Kier alpha value is -2.17. The van der Waals surface area contributed by atoms with Gasteiger partial charge in [0.05, 0.1) is 0 Å². The van der Waals surface area contributed by atoms with Gasteiger partial charge in [0.2, 0.25) is 0 Å². The van der Waals surface area contributed by atoms with Crippen molar-refractivity contribution in [2.24, 2.45) is 0 Å². The molecule has 0 aliphatic carbocycles. The molecule has 1 amide bonds. The molecule has 0 aliphatic rings. The van der Waals surface area contributed by atoms with Crippen molar-refractivity contribution in [2.45, 2.75) is 0 Å². The Kier molecular flexibility index (Phi) is 3.03. The SMILES string of the molecule is Nc1ccc(C(=O)Nc2cccc3n[se]nc23)cc1. The molecule has 6 heteroatoms. The standard InChI is InChI=1S/C13H10N4OSe/c14-9-6-4-8(5-7-9)13(18)15-10-2-1-3-11-12(10)17-19-16-11/h1-7H,14H2,(H,15,18). The first-order chi connectivity index (χ1) is 9.24. The summed E-state index contributed by atoms with van der Waals surface area (Å²) in [6.45, 7) is 0. The molecule has 0 saturated heterocycles. The number of aromatic nitrogens is 2. The van der Waals surface area contributed by atoms with Crippen molar-refractivity contribution >= 4 is 43.3 Å². The summed E-state index contributed by atoms with van der Waals surface area (Å²) in [6.07, 6.45) is 0. The molecule has 0 unspecified atom stereocenters. The number of nitrogens with two attached hydrogens (primary N) is 1. The second kappa shape index (κ2) is 4.84. The zero-order valence-corrected chi connectivity index (χ0v) is 11.5. The molecular formula is C13H10N4OSe. The Morgan fingerprint density at radius 3 is 2.68 bits per heavy atom. The molecule has 0 atom stereocenters. The van der Waals surface area contributed by atoms with E-state index in [0.717, 1.165) is 11.0 Å². The van der Waals surface area contributed by atoms with Crippen molar-refractivity contribution in [3.63, 3.8) is 0 Å². The van der Waals surface area contributed by atoms with E-state index in [4.69, 9.17) is 5.73 Å². The summed E-state index contributed by atoms with van der Waals surface area (Å²) in [5.41, 5.74) is 9.10. The number of carbonyl (C=O) groups is 1. The van der Waals surface area contributed by atoms with E-state index in [9.17, 15) is 4.79 Å². The Labute approximate surface area is 115 Å². The van der Waals surface area contributed by atoms with Crippen LogP contribution in [0.5, 0.6) is 0 Å². The van der Waals surface area contributed by atoms with E-state index in [0.29, 0.717) is 16.9 Å². The number of nitrogen functional groups attached to an aromatic ring is 1. The molecule has 3 aromatic rings. The quantitative estimate of drug-likeness (QED) is 0.555. The fourth-order valence-corrected chi connectivity index (χ4v) is 2.89. The van der Waals surface area contributed by atoms with Crippen LogP contribution < -0.4 is 11.1 Å². The molecule has 3 N–H and O–H groups in total. The van der Waals surface area contributed by atoms with Gasteiger partial charge in [-0.15, -0.1) is 0 Å². The van der Waals surface area contributed by atoms with Crippen LogP contribution in [0.1, 0.15) is 10.4 Å². The fraction of sp³-hybridized carbons (Fsp3) is 0. The number of hydrogen-bond donors (Lipinski definition) is 2. The van der Waals surface area contributed by atoms with Crippen LogP contribution >= 0.6 is 0 Å². The number of carbonyl (C=O) groups excluding carboxylic acids is 1. The summed E-state index contributed by atoms with van der Waals surface area (Å²) in [7, 11) is 0.